The summed E-state index contributed by atoms with van der Waals surface area (Å²) in [5, 5.41) is 14.8. The number of carboxylic acids is 1. The topological polar surface area (TPSA) is 98.7 Å². The van der Waals surface area contributed by atoms with Gasteiger partial charge in [0.2, 0.25) is 5.91 Å². The number of rotatable bonds is 5. The molecule has 0 bridgehead atoms. The third-order valence-electron chi connectivity index (χ3n) is 5.16. The van der Waals surface area contributed by atoms with Gasteiger partial charge in [0.25, 0.3) is 0 Å². The quantitative estimate of drug-likeness (QED) is 0.751. The van der Waals surface area contributed by atoms with Crippen molar-refractivity contribution in [3.8, 4) is 0 Å². The summed E-state index contributed by atoms with van der Waals surface area (Å²) in [6, 6.07) is 7.44. The maximum Gasteiger partial charge on any atom is 0.315 e. The maximum absolute atomic E-state index is 12.1. The summed E-state index contributed by atoms with van der Waals surface area (Å²) in [5.41, 5.74) is 1.81. The van der Waals surface area contributed by atoms with E-state index < -0.39 is 5.97 Å². The van der Waals surface area contributed by atoms with E-state index in [4.69, 9.17) is 5.11 Å². The lowest BCUT2D eigenvalue weighted by molar-refractivity contribution is -0.142. The molecule has 1 aliphatic heterocycles. The van der Waals surface area contributed by atoms with Crippen molar-refractivity contribution in [3.63, 3.8) is 0 Å². The number of urea groups is 1. The summed E-state index contributed by atoms with van der Waals surface area (Å²) in [5.74, 6) is -0.888. The molecule has 7 heteroatoms. The lowest BCUT2D eigenvalue weighted by atomic mass is 9.86. The third-order valence-corrected chi connectivity index (χ3v) is 5.16. The molecule has 1 saturated carbocycles. The fourth-order valence-corrected chi connectivity index (χ4v) is 3.66. The molecule has 26 heavy (non-hydrogen) atoms. The van der Waals surface area contributed by atoms with Crippen LogP contribution in [-0.2, 0) is 16.1 Å². The van der Waals surface area contributed by atoms with E-state index in [1.54, 1.807) is 4.90 Å². The first-order valence-electron chi connectivity index (χ1n) is 9.19. The van der Waals surface area contributed by atoms with Crippen LogP contribution in [0, 0.1) is 5.92 Å². The van der Waals surface area contributed by atoms with Crippen LogP contribution in [0.15, 0.2) is 24.3 Å². The van der Waals surface area contributed by atoms with Crippen LogP contribution >= 0.6 is 0 Å². The number of anilines is 1. The van der Waals surface area contributed by atoms with Crippen molar-refractivity contribution in [3.05, 3.63) is 29.8 Å². The van der Waals surface area contributed by atoms with E-state index in [9.17, 15) is 14.4 Å². The summed E-state index contributed by atoms with van der Waals surface area (Å²) in [6.45, 7) is 1.13. The van der Waals surface area contributed by atoms with Crippen molar-refractivity contribution in [2.45, 2.75) is 51.1 Å². The average Bonchev–Trinajstić information content (AvgIpc) is 3.07. The van der Waals surface area contributed by atoms with Crippen LogP contribution in [-0.4, -0.2) is 35.6 Å². The van der Waals surface area contributed by atoms with Crippen LogP contribution in [0.5, 0.6) is 0 Å². The Morgan fingerprint density at radius 2 is 1.96 bits per heavy atom. The van der Waals surface area contributed by atoms with Gasteiger partial charge in [-0.3, -0.25) is 9.59 Å². The van der Waals surface area contributed by atoms with Gasteiger partial charge >= 0.3 is 12.0 Å². The number of nitrogens with zero attached hydrogens (tertiary/aromatic N) is 1. The van der Waals surface area contributed by atoms with Gasteiger partial charge in [-0.2, -0.15) is 0 Å². The molecule has 140 valence electrons. The summed E-state index contributed by atoms with van der Waals surface area (Å²) in [6.07, 6.45) is 4.06. The second-order valence-electron chi connectivity index (χ2n) is 7.03. The Labute approximate surface area is 152 Å². The van der Waals surface area contributed by atoms with E-state index in [0.29, 0.717) is 38.6 Å². The molecule has 2 aliphatic rings. The second-order valence-corrected chi connectivity index (χ2v) is 7.03. The Hall–Kier alpha value is -2.57. The molecule has 1 saturated heterocycles. The Morgan fingerprint density at radius 1 is 1.19 bits per heavy atom. The Morgan fingerprint density at radius 3 is 2.62 bits per heavy atom. The molecule has 1 aromatic carbocycles. The number of hydrogen-bond acceptors (Lipinski definition) is 3. The van der Waals surface area contributed by atoms with Crippen LogP contribution in [0.3, 0.4) is 0 Å². The van der Waals surface area contributed by atoms with Crippen molar-refractivity contribution in [2.24, 2.45) is 5.92 Å². The predicted molar refractivity (Wildman–Crippen MR) is 96.8 cm³/mol. The molecule has 0 spiro atoms. The molecule has 1 aliphatic carbocycles. The lowest BCUT2D eigenvalue weighted by Crippen LogP contribution is -2.43. The van der Waals surface area contributed by atoms with Crippen LogP contribution in [0.2, 0.25) is 0 Å². The smallest absolute Gasteiger partial charge is 0.315 e. The molecule has 1 heterocycles. The number of benzene rings is 1. The van der Waals surface area contributed by atoms with E-state index in [2.05, 4.69) is 10.6 Å². The van der Waals surface area contributed by atoms with Gasteiger partial charge in [-0.1, -0.05) is 12.1 Å². The number of carbonyl (C=O) groups excluding carboxylic acids is 2. The average molecular weight is 359 g/mol. The van der Waals surface area contributed by atoms with Crippen LogP contribution in [0.25, 0.3) is 0 Å². The minimum atomic E-state index is -0.746. The van der Waals surface area contributed by atoms with Gasteiger partial charge in [0, 0.05) is 31.2 Å². The maximum atomic E-state index is 12.1. The van der Waals surface area contributed by atoms with Gasteiger partial charge in [0.05, 0.1) is 5.92 Å². The monoisotopic (exact) mass is 359 g/mol. The van der Waals surface area contributed by atoms with Crippen LogP contribution < -0.4 is 15.5 Å². The molecular formula is C19H25N3O4. The van der Waals surface area contributed by atoms with E-state index >= 15 is 0 Å². The second kappa shape index (κ2) is 8.21. The Kier molecular flexibility index (Phi) is 5.75. The predicted octanol–water partition coefficient (Wildman–Crippen LogP) is 2.26. The number of amides is 3. The number of aliphatic carboxylic acids is 1. The molecule has 0 atom stereocenters. The fraction of sp³-hybridized carbons (Fsp3) is 0.526. The van der Waals surface area contributed by atoms with E-state index in [0.717, 1.165) is 24.2 Å². The van der Waals surface area contributed by atoms with Crippen molar-refractivity contribution >= 4 is 23.6 Å². The summed E-state index contributed by atoms with van der Waals surface area (Å²) >= 11 is 0. The molecular weight excluding hydrogens is 334 g/mol. The van der Waals surface area contributed by atoms with E-state index in [1.807, 2.05) is 24.3 Å². The third kappa shape index (κ3) is 4.53. The molecule has 3 rings (SSSR count). The van der Waals surface area contributed by atoms with Gasteiger partial charge in [0.1, 0.15) is 0 Å². The zero-order chi connectivity index (χ0) is 18.5. The standard InChI is InChI=1S/C19H25N3O4/c23-17-5-2-10-22(17)16-4-1-3-13(11-16)12-20-19(26)21-15-8-6-14(7-9-15)18(24)25/h1,3-4,11,14-15H,2,5-10,12H2,(H,24,25)(H2,20,21,26). The van der Waals surface area contributed by atoms with Crippen molar-refractivity contribution in [1.29, 1.82) is 0 Å². The van der Waals surface area contributed by atoms with Crippen molar-refractivity contribution < 1.29 is 19.5 Å². The first kappa shape index (κ1) is 18.2. The molecule has 7 nitrogen and oxygen atoms in total. The van der Waals surface area contributed by atoms with Gasteiger partial charge < -0.3 is 20.6 Å². The summed E-state index contributed by atoms with van der Waals surface area (Å²) in [7, 11) is 0. The highest BCUT2D eigenvalue weighted by Gasteiger charge is 2.26. The first-order chi connectivity index (χ1) is 12.5. The minimum absolute atomic E-state index is 0.0270. The normalized spacial score (nSPS) is 22.9. The highest BCUT2D eigenvalue weighted by Crippen LogP contribution is 2.24. The van der Waals surface area contributed by atoms with Crippen LogP contribution in [0.1, 0.15) is 44.1 Å². The number of hydrogen-bond donors (Lipinski definition) is 3. The van der Waals surface area contributed by atoms with E-state index in [-0.39, 0.29) is 23.9 Å². The van der Waals surface area contributed by atoms with Crippen LogP contribution in [0.4, 0.5) is 10.5 Å². The molecule has 3 N–H and O–H groups in total. The lowest BCUT2D eigenvalue weighted by Gasteiger charge is -2.26. The fourth-order valence-electron chi connectivity index (χ4n) is 3.66. The largest absolute Gasteiger partial charge is 0.481 e. The minimum Gasteiger partial charge on any atom is -0.481 e. The zero-order valence-corrected chi connectivity index (χ0v) is 14.7. The zero-order valence-electron chi connectivity index (χ0n) is 14.7. The Balaban J connectivity index is 1.46. The highest BCUT2D eigenvalue weighted by molar-refractivity contribution is 5.95. The molecule has 1 aromatic rings. The number of carbonyl (C=O) groups is 3. The molecule has 0 radical (unpaired) electrons. The number of nitrogens with one attached hydrogen (secondary N) is 2. The summed E-state index contributed by atoms with van der Waals surface area (Å²) in [4.78, 5) is 36.7. The van der Waals surface area contributed by atoms with Gasteiger partial charge in [0.15, 0.2) is 0 Å². The van der Waals surface area contributed by atoms with Crippen molar-refractivity contribution in [2.75, 3.05) is 11.4 Å². The van der Waals surface area contributed by atoms with Crippen molar-refractivity contribution in [1.82, 2.24) is 10.6 Å². The van der Waals surface area contributed by atoms with E-state index in [1.165, 1.54) is 0 Å². The van der Waals surface area contributed by atoms with Gasteiger partial charge in [-0.05, 0) is 49.8 Å². The molecule has 0 aromatic heterocycles. The van der Waals surface area contributed by atoms with Gasteiger partial charge in [-0.25, -0.2) is 4.79 Å². The first-order valence-corrected chi connectivity index (χ1v) is 9.19. The highest BCUT2D eigenvalue weighted by atomic mass is 16.4. The number of carboxylic acid groups (broad SMARTS) is 1. The van der Waals surface area contributed by atoms with Gasteiger partial charge in [-0.15, -0.1) is 0 Å². The Bertz CT molecular complexity index is 683. The molecule has 3 amide bonds. The summed E-state index contributed by atoms with van der Waals surface area (Å²) < 4.78 is 0. The molecule has 2 fully saturated rings. The molecule has 0 unspecified atom stereocenters. The SMILES string of the molecule is O=C(NCc1cccc(N2CCCC2=O)c1)NC1CCC(C(=O)O)CC1.